The molecule has 39 heavy (non-hydrogen) atoms. The normalized spacial score (nSPS) is 22.3. The number of carbonyl (C=O) groups excluding carboxylic acids is 5. The lowest BCUT2D eigenvalue weighted by Crippen LogP contribution is -2.34. The number of nitrogens with zero attached hydrogens (tertiary/aromatic N) is 1. The maximum atomic E-state index is 13.0. The van der Waals surface area contributed by atoms with Crippen molar-refractivity contribution in [3.63, 3.8) is 0 Å². The highest BCUT2D eigenvalue weighted by atomic mass is 35.5. The largest absolute Gasteiger partial charge is 0.462 e. The van der Waals surface area contributed by atoms with E-state index in [-0.39, 0.29) is 23.1 Å². The molecule has 0 radical (unpaired) electrons. The zero-order valence-corrected chi connectivity index (χ0v) is 22.7. The maximum absolute atomic E-state index is 13.0. The number of hydrogen-bond acceptors (Lipinski definition) is 7. The summed E-state index contributed by atoms with van der Waals surface area (Å²) >= 11 is 12.5. The van der Waals surface area contributed by atoms with Crippen LogP contribution >= 0.6 is 23.2 Å². The molecule has 2 fully saturated rings. The van der Waals surface area contributed by atoms with Gasteiger partial charge >= 0.3 is 11.9 Å². The van der Waals surface area contributed by atoms with Crippen molar-refractivity contribution in [2.24, 2.45) is 11.8 Å². The molecule has 2 aromatic rings. The van der Waals surface area contributed by atoms with Crippen molar-refractivity contribution in [1.29, 1.82) is 0 Å². The number of halogens is 2. The molecule has 1 heterocycles. The first kappa shape index (κ1) is 28.6. The number of hydrogen-bond donors (Lipinski definition) is 1. The zero-order chi connectivity index (χ0) is 28.1. The lowest BCUT2D eigenvalue weighted by atomic mass is 9.80. The van der Waals surface area contributed by atoms with E-state index in [4.69, 9.17) is 32.7 Å². The Hall–Kier alpha value is -3.43. The number of benzene rings is 2. The Kier molecular flexibility index (Phi) is 9.24. The average Bonchev–Trinajstić information content (AvgIpc) is 3.16. The van der Waals surface area contributed by atoms with Crippen molar-refractivity contribution in [3.05, 3.63) is 59.7 Å². The van der Waals surface area contributed by atoms with Gasteiger partial charge in [-0.3, -0.25) is 19.3 Å². The minimum absolute atomic E-state index is 0.0761. The molecular formula is C28H28Cl2N2O7. The van der Waals surface area contributed by atoms with Crippen molar-refractivity contribution in [3.8, 4) is 0 Å². The van der Waals surface area contributed by atoms with Gasteiger partial charge in [0.25, 0.3) is 5.91 Å². The van der Waals surface area contributed by atoms with Crippen LogP contribution in [-0.4, -0.2) is 53.6 Å². The Labute approximate surface area is 235 Å². The van der Waals surface area contributed by atoms with E-state index in [1.54, 1.807) is 18.2 Å². The molecule has 2 aliphatic rings. The first-order valence-corrected chi connectivity index (χ1v) is 13.6. The highest BCUT2D eigenvalue weighted by Crippen LogP contribution is 2.43. The molecule has 0 bridgehead atoms. The topological polar surface area (TPSA) is 119 Å². The van der Waals surface area contributed by atoms with Gasteiger partial charge < -0.3 is 14.8 Å². The number of imide groups is 1. The zero-order valence-electron chi connectivity index (χ0n) is 21.2. The van der Waals surface area contributed by atoms with Crippen molar-refractivity contribution in [1.82, 2.24) is 0 Å². The molecule has 0 aromatic heterocycles. The van der Waals surface area contributed by atoms with Crippen molar-refractivity contribution >= 4 is 64.2 Å². The maximum Gasteiger partial charge on any atom is 0.338 e. The monoisotopic (exact) mass is 574 g/mol. The molecule has 1 saturated carbocycles. The third-order valence-electron chi connectivity index (χ3n) is 6.72. The summed E-state index contributed by atoms with van der Waals surface area (Å²) in [5.41, 5.74) is 1.08. The van der Waals surface area contributed by atoms with Crippen LogP contribution in [0.3, 0.4) is 0 Å². The summed E-state index contributed by atoms with van der Waals surface area (Å²) in [6.45, 7) is 1.77. The molecule has 2 aromatic carbocycles. The quantitative estimate of drug-likeness (QED) is 0.202. The second kappa shape index (κ2) is 12.6. The van der Waals surface area contributed by atoms with Gasteiger partial charge in [0.2, 0.25) is 11.8 Å². The molecule has 1 saturated heterocycles. The van der Waals surface area contributed by atoms with E-state index in [0.29, 0.717) is 30.7 Å². The standard InChI is InChI=1S/C28H28Cl2N2O7/c1-2-3-11-38-27(36)16-7-9-18(10-8-16)31-24(33)15-39-28(37)17-5-4-6-19(12-17)32-25(34)20-13-22(29)23(30)14-21(20)26(32)35/h4-10,12,20-23H,2-3,11,13-15H2,1H3,(H,31,33)/t20-,21-,22+,23+/m1/s1. The summed E-state index contributed by atoms with van der Waals surface area (Å²) in [5.74, 6) is -3.66. The Morgan fingerprint density at radius 3 is 2.13 bits per heavy atom. The highest BCUT2D eigenvalue weighted by molar-refractivity contribution is 6.31. The molecule has 11 heteroatoms. The molecule has 3 amide bonds. The van der Waals surface area contributed by atoms with Gasteiger partial charge in [-0.25, -0.2) is 9.59 Å². The number of anilines is 2. The van der Waals surface area contributed by atoms with Gasteiger partial charge in [0, 0.05) is 5.69 Å². The Balaban J connectivity index is 1.32. The van der Waals surface area contributed by atoms with Crippen LogP contribution in [0.15, 0.2) is 48.5 Å². The molecule has 1 N–H and O–H groups in total. The van der Waals surface area contributed by atoms with E-state index in [1.165, 1.54) is 30.3 Å². The number of amides is 3. The van der Waals surface area contributed by atoms with Crippen LogP contribution in [0.4, 0.5) is 11.4 Å². The summed E-state index contributed by atoms with van der Waals surface area (Å²) in [7, 11) is 0. The van der Waals surface area contributed by atoms with Crippen LogP contribution in [0.25, 0.3) is 0 Å². The number of fused-ring (bicyclic) bond motifs is 1. The van der Waals surface area contributed by atoms with Crippen molar-refractivity contribution in [2.45, 2.75) is 43.4 Å². The first-order valence-electron chi connectivity index (χ1n) is 12.7. The minimum atomic E-state index is -0.796. The molecule has 206 valence electrons. The molecule has 0 unspecified atom stereocenters. The van der Waals surface area contributed by atoms with Crippen LogP contribution in [0.2, 0.25) is 0 Å². The predicted octanol–water partition coefficient (Wildman–Crippen LogP) is 4.55. The molecule has 4 atom stereocenters. The van der Waals surface area contributed by atoms with E-state index in [1.807, 2.05) is 6.92 Å². The van der Waals surface area contributed by atoms with Crippen LogP contribution < -0.4 is 10.2 Å². The number of esters is 2. The fourth-order valence-electron chi connectivity index (χ4n) is 4.62. The molecule has 1 aliphatic carbocycles. The van der Waals surface area contributed by atoms with Gasteiger partial charge in [0.05, 0.1) is 46.0 Å². The number of unbranched alkanes of at least 4 members (excludes halogenated alkanes) is 1. The first-order chi connectivity index (χ1) is 18.7. The Morgan fingerprint density at radius 1 is 0.897 bits per heavy atom. The minimum Gasteiger partial charge on any atom is -0.462 e. The predicted molar refractivity (Wildman–Crippen MR) is 145 cm³/mol. The Bertz CT molecular complexity index is 1240. The van der Waals surface area contributed by atoms with E-state index < -0.39 is 47.0 Å². The number of carbonyl (C=O) groups is 5. The third kappa shape index (κ3) is 6.59. The molecule has 0 spiro atoms. The molecular weight excluding hydrogens is 547 g/mol. The van der Waals surface area contributed by atoms with Crippen LogP contribution in [-0.2, 0) is 23.9 Å². The van der Waals surface area contributed by atoms with Gasteiger partial charge in [-0.2, -0.15) is 0 Å². The van der Waals surface area contributed by atoms with Crippen LogP contribution in [0, 0.1) is 11.8 Å². The number of nitrogens with one attached hydrogen (secondary N) is 1. The van der Waals surface area contributed by atoms with Crippen molar-refractivity contribution in [2.75, 3.05) is 23.4 Å². The molecule has 4 rings (SSSR count). The van der Waals surface area contributed by atoms with E-state index in [9.17, 15) is 24.0 Å². The van der Waals surface area contributed by atoms with Gasteiger partial charge in [-0.1, -0.05) is 19.4 Å². The highest BCUT2D eigenvalue weighted by Gasteiger charge is 2.52. The molecule has 9 nitrogen and oxygen atoms in total. The summed E-state index contributed by atoms with van der Waals surface area (Å²) in [6, 6.07) is 12.1. The van der Waals surface area contributed by atoms with Gasteiger partial charge in [-0.15, -0.1) is 23.2 Å². The SMILES string of the molecule is CCCCOC(=O)c1ccc(NC(=O)COC(=O)c2cccc(N3C(=O)[C@@H]4C[C@H](Cl)[C@@H](Cl)C[C@H]4C3=O)c2)cc1. The third-order valence-corrected chi connectivity index (χ3v) is 7.82. The summed E-state index contributed by atoms with van der Waals surface area (Å²) in [4.78, 5) is 64.0. The fourth-order valence-corrected chi connectivity index (χ4v) is 5.20. The van der Waals surface area contributed by atoms with Crippen LogP contribution in [0.5, 0.6) is 0 Å². The lowest BCUT2D eigenvalue weighted by Gasteiger charge is -2.28. The van der Waals surface area contributed by atoms with Gasteiger partial charge in [0.1, 0.15) is 0 Å². The lowest BCUT2D eigenvalue weighted by molar-refractivity contribution is -0.122. The van der Waals surface area contributed by atoms with Gasteiger partial charge in [0.15, 0.2) is 6.61 Å². The number of ether oxygens (including phenoxy) is 2. The van der Waals surface area contributed by atoms with E-state index in [2.05, 4.69) is 5.32 Å². The smallest absolute Gasteiger partial charge is 0.338 e. The molecule has 1 aliphatic heterocycles. The second-order valence-corrected chi connectivity index (χ2v) is 10.6. The summed E-state index contributed by atoms with van der Waals surface area (Å²) in [6.07, 6.45) is 2.31. The summed E-state index contributed by atoms with van der Waals surface area (Å²) < 4.78 is 10.3. The van der Waals surface area contributed by atoms with E-state index >= 15 is 0 Å². The summed E-state index contributed by atoms with van der Waals surface area (Å²) in [5, 5.41) is 1.78. The number of rotatable bonds is 9. The van der Waals surface area contributed by atoms with E-state index in [0.717, 1.165) is 17.7 Å². The fraction of sp³-hybridized carbons (Fsp3) is 0.393. The number of alkyl halides is 2. The average molecular weight is 575 g/mol. The van der Waals surface area contributed by atoms with Crippen LogP contribution in [0.1, 0.15) is 53.3 Å². The second-order valence-electron chi connectivity index (χ2n) is 9.47. The van der Waals surface area contributed by atoms with Gasteiger partial charge in [-0.05, 0) is 61.7 Å². The Morgan fingerprint density at radius 2 is 1.51 bits per heavy atom. The van der Waals surface area contributed by atoms with Crippen molar-refractivity contribution < 1.29 is 33.4 Å².